The molecule has 1 aromatic heterocycles. The van der Waals surface area contributed by atoms with Gasteiger partial charge >= 0.3 is 5.97 Å². The van der Waals surface area contributed by atoms with E-state index in [2.05, 4.69) is 15.6 Å². The van der Waals surface area contributed by atoms with Crippen LogP contribution in [0, 0.1) is 11.8 Å². The molecule has 4 N–H and O–H groups in total. The van der Waals surface area contributed by atoms with Crippen LogP contribution in [0.15, 0.2) is 16.8 Å². The second-order valence-electron chi connectivity index (χ2n) is 10.2. The van der Waals surface area contributed by atoms with Crippen LogP contribution in [0.3, 0.4) is 0 Å². The van der Waals surface area contributed by atoms with Crippen LogP contribution in [0.5, 0.6) is 0 Å². The molecule has 4 aliphatic heterocycles. The molecule has 1 aromatic rings. The molecule has 0 aliphatic carbocycles. The van der Waals surface area contributed by atoms with Crippen LogP contribution in [0.4, 0.5) is 0 Å². The van der Waals surface area contributed by atoms with Gasteiger partial charge < -0.3 is 30.7 Å². The van der Waals surface area contributed by atoms with E-state index in [1.54, 1.807) is 18.0 Å². The second kappa shape index (κ2) is 9.77. The van der Waals surface area contributed by atoms with Gasteiger partial charge in [0.2, 0.25) is 11.8 Å². The molecule has 0 saturated carbocycles. The van der Waals surface area contributed by atoms with Gasteiger partial charge in [0.1, 0.15) is 11.4 Å². The molecule has 0 aromatic carbocycles. The molecular weight excluding hydrogens is 486 g/mol. The van der Waals surface area contributed by atoms with E-state index in [0.717, 1.165) is 6.42 Å². The average Bonchev–Trinajstić information content (AvgIpc) is 3.62. The summed E-state index contributed by atoms with van der Waals surface area (Å²) in [6.07, 6.45) is 3.19. The van der Waals surface area contributed by atoms with Crippen molar-refractivity contribution in [1.29, 1.82) is 0 Å². The Balaban J connectivity index is 1.28. The van der Waals surface area contributed by atoms with Crippen molar-refractivity contribution in [3.63, 3.8) is 0 Å². The number of nitrogens with zero attached hydrogens (tertiary/aromatic N) is 5. The van der Waals surface area contributed by atoms with E-state index in [-0.39, 0.29) is 52.8 Å². The molecule has 7 atom stereocenters. The Morgan fingerprint density at radius 3 is 2.86 bits per heavy atom. The number of methoxy groups -OCH3 is 1. The van der Waals surface area contributed by atoms with Gasteiger partial charge in [-0.3, -0.25) is 9.59 Å². The van der Waals surface area contributed by atoms with E-state index in [4.69, 9.17) is 10.5 Å². The summed E-state index contributed by atoms with van der Waals surface area (Å²) in [4.78, 5) is 42.3. The van der Waals surface area contributed by atoms with Gasteiger partial charge in [0.15, 0.2) is 0 Å². The number of fused-ring (bicyclic) bond motifs is 1. The number of carbonyl (C=O) groups excluding carboxylic acids is 2. The summed E-state index contributed by atoms with van der Waals surface area (Å²) in [5.74, 6) is -1.79. The number of thioether (sulfide) groups is 1. The topological polar surface area (TPSA) is 156 Å². The number of likely N-dealkylation sites (tertiary alicyclic amines) is 1. The van der Waals surface area contributed by atoms with Crippen LogP contribution in [0.25, 0.3) is 0 Å². The first kappa shape index (κ1) is 25.2. The molecule has 12 nitrogen and oxygen atoms in total. The number of β-lactam (4-membered cyclic amide) rings is 1. The third-order valence-electron chi connectivity index (χ3n) is 7.80. The lowest BCUT2D eigenvalue weighted by Gasteiger charge is -2.47. The Morgan fingerprint density at radius 2 is 2.19 bits per heavy atom. The summed E-state index contributed by atoms with van der Waals surface area (Å²) >= 11 is 1.49. The normalized spacial score (nSPS) is 32.7. The van der Waals surface area contributed by atoms with Gasteiger partial charge in [-0.2, -0.15) is 0 Å². The lowest BCUT2D eigenvalue weighted by Crippen LogP contribution is -2.62. The van der Waals surface area contributed by atoms with Gasteiger partial charge in [-0.1, -0.05) is 12.1 Å². The van der Waals surface area contributed by atoms with E-state index in [0.29, 0.717) is 43.3 Å². The molecule has 0 radical (unpaired) electrons. The number of aromatic nitrogens is 3. The number of aliphatic carboxylic acids is 1. The van der Waals surface area contributed by atoms with Crippen molar-refractivity contribution in [3.05, 3.63) is 22.5 Å². The predicted octanol–water partition coefficient (Wildman–Crippen LogP) is -0.218. The summed E-state index contributed by atoms with van der Waals surface area (Å²) in [6, 6.07) is -0.794. The summed E-state index contributed by atoms with van der Waals surface area (Å²) in [5.41, 5.74) is 6.70. The molecule has 0 spiro atoms. The minimum absolute atomic E-state index is 0.0321. The van der Waals surface area contributed by atoms with E-state index in [1.807, 2.05) is 18.7 Å². The van der Waals surface area contributed by atoms with Crippen LogP contribution in [-0.4, -0.2) is 97.8 Å². The summed E-state index contributed by atoms with van der Waals surface area (Å²) in [5, 5.41) is 21.6. The zero-order valence-electron chi connectivity index (χ0n) is 20.7. The largest absolute Gasteiger partial charge is 0.477 e. The number of carboxylic acid groups (broad SMARTS) is 1. The molecule has 5 rings (SSSR count). The van der Waals surface area contributed by atoms with Gasteiger partial charge in [-0.15, -0.1) is 16.9 Å². The lowest BCUT2D eigenvalue weighted by atomic mass is 9.78. The van der Waals surface area contributed by atoms with Crippen molar-refractivity contribution in [1.82, 2.24) is 30.1 Å². The van der Waals surface area contributed by atoms with E-state index in [9.17, 15) is 19.5 Å². The standard InChI is InChI=1S/C23H33N7O5S/c1-11-18-17(12(2)29-9-14(10-35-3)26-27-29)22(32)30(18)19(23(33)34)20(11)36-15-6-16(25-7-15)21(31)28-5-4-13(24)8-28/h9,11-13,15-18,25H,4-8,10,24H2,1-3H3,(H,33,34)/t11-,12?,13-,15+,16+,17-,18-/m1/s1. The average molecular weight is 520 g/mol. The number of nitrogens with one attached hydrogen (secondary N) is 1. The van der Waals surface area contributed by atoms with Gasteiger partial charge in [0, 0.05) is 48.9 Å². The number of carboxylic acids is 1. The van der Waals surface area contributed by atoms with Crippen molar-refractivity contribution < 1.29 is 24.2 Å². The fraction of sp³-hybridized carbons (Fsp3) is 0.696. The maximum absolute atomic E-state index is 13.2. The van der Waals surface area contributed by atoms with E-state index in [1.165, 1.54) is 16.7 Å². The number of hydrogen-bond donors (Lipinski definition) is 3. The molecule has 4 aliphatic rings. The van der Waals surface area contributed by atoms with Crippen molar-refractivity contribution in [3.8, 4) is 0 Å². The minimum Gasteiger partial charge on any atom is -0.477 e. The number of hydrogen-bond acceptors (Lipinski definition) is 9. The molecule has 13 heteroatoms. The molecule has 5 heterocycles. The van der Waals surface area contributed by atoms with Gasteiger partial charge in [-0.25, -0.2) is 9.48 Å². The first-order chi connectivity index (χ1) is 17.2. The van der Waals surface area contributed by atoms with Gasteiger partial charge in [0.05, 0.1) is 36.8 Å². The monoisotopic (exact) mass is 519 g/mol. The first-order valence-electron chi connectivity index (χ1n) is 12.4. The molecule has 2 amide bonds. The van der Waals surface area contributed by atoms with E-state index >= 15 is 0 Å². The quantitative estimate of drug-likeness (QED) is 0.393. The first-order valence-corrected chi connectivity index (χ1v) is 13.2. The molecule has 3 fully saturated rings. The highest BCUT2D eigenvalue weighted by molar-refractivity contribution is 8.03. The van der Waals surface area contributed by atoms with Crippen LogP contribution in [0.1, 0.15) is 38.4 Å². The van der Waals surface area contributed by atoms with Crippen molar-refractivity contribution >= 4 is 29.5 Å². The maximum atomic E-state index is 13.2. The third-order valence-corrected chi connectivity index (χ3v) is 9.31. The molecule has 196 valence electrons. The Hall–Kier alpha value is -2.48. The van der Waals surface area contributed by atoms with Crippen molar-refractivity contribution in [2.75, 3.05) is 26.7 Å². The number of rotatable bonds is 8. The molecule has 0 bridgehead atoms. The van der Waals surface area contributed by atoms with Crippen molar-refractivity contribution in [2.24, 2.45) is 17.6 Å². The Kier molecular flexibility index (Phi) is 6.83. The summed E-state index contributed by atoms with van der Waals surface area (Å²) in [6.45, 7) is 6.08. The van der Waals surface area contributed by atoms with Gasteiger partial charge in [-0.05, 0) is 19.8 Å². The number of ether oxygens (including phenoxy) is 1. The van der Waals surface area contributed by atoms with Gasteiger partial charge in [0.25, 0.3) is 0 Å². The highest BCUT2D eigenvalue weighted by Gasteiger charge is 2.61. The van der Waals surface area contributed by atoms with Crippen molar-refractivity contribution in [2.45, 2.75) is 62.7 Å². The number of nitrogens with two attached hydrogens (primary N) is 1. The predicted molar refractivity (Wildman–Crippen MR) is 130 cm³/mol. The summed E-state index contributed by atoms with van der Waals surface area (Å²) in [7, 11) is 1.58. The SMILES string of the molecule is COCc1cn(C(C)[C@H]2C(=O)N3C(C(=O)O)=C(S[C@@H]4CN[C@H](C(=O)N5CC[C@@H](N)C5)C4)[C@H](C)[C@H]23)nn1. The second-order valence-corrected chi connectivity index (χ2v) is 11.5. The van der Waals surface area contributed by atoms with Crippen LogP contribution < -0.4 is 11.1 Å². The summed E-state index contributed by atoms with van der Waals surface area (Å²) < 4.78 is 6.76. The zero-order chi connectivity index (χ0) is 25.7. The molecule has 1 unspecified atom stereocenters. The van der Waals surface area contributed by atoms with E-state index < -0.39 is 11.9 Å². The Morgan fingerprint density at radius 1 is 1.42 bits per heavy atom. The van der Waals surface area contributed by atoms with Crippen LogP contribution in [0.2, 0.25) is 0 Å². The third kappa shape index (κ3) is 4.21. The highest BCUT2D eigenvalue weighted by Crippen LogP contribution is 2.53. The van der Waals surface area contributed by atoms with Crippen LogP contribution >= 0.6 is 11.8 Å². The Bertz CT molecular complexity index is 1090. The maximum Gasteiger partial charge on any atom is 0.353 e. The Labute approximate surface area is 213 Å². The fourth-order valence-corrected chi connectivity index (χ4v) is 7.42. The molecular formula is C23H33N7O5S. The lowest BCUT2D eigenvalue weighted by molar-refractivity contribution is -0.159. The smallest absolute Gasteiger partial charge is 0.353 e. The number of carbonyl (C=O) groups is 3. The minimum atomic E-state index is -1.10. The zero-order valence-corrected chi connectivity index (χ0v) is 21.5. The van der Waals surface area contributed by atoms with Crippen LogP contribution in [-0.2, 0) is 25.7 Å². The molecule has 3 saturated heterocycles. The molecule has 36 heavy (non-hydrogen) atoms. The fourth-order valence-electron chi connectivity index (χ4n) is 5.94. The highest BCUT2D eigenvalue weighted by atomic mass is 32.2. The number of amides is 2.